The molecule has 3 aliphatic rings. The Balaban J connectivity index is 0.000000231. The molecule has 95 heavy (non-hydrogen) atoms. The third-order valence-corrected chi connectivity index (χ3v) is 23.4. The van der Waals surface area contributed by atoms with E-state index >= 15 is 0 Å². The molecule has 3 aromatic carbocycles. The molecule has 7 aromatic rings. The number of amides is 1. The standard InChI is InChI=1S/C35H53O2P.C33H39F3N6O3.C9H12N.ClH.Pd/c1-23(2)26-21-29(24(3)4)33(30(22-26)25(5)6)34-31(36-7)19-20-32(37-8)35(34)38(27-15-11-9-12-16-27)28-17-13-10-14-18-28;1-19-7-8-24(22(4)38-19)25-9-10-42-28(25)16-26(31(43)37-17-27-29(45-6)15-20(2)39-32(27)44)21(3)30(42)23(5)41-13-11-40(12-14-41)18-33(34,35)36;1-10-8-7-9-5-3-2-4-6-9;;/h19-25,27-28H,9-18H2,1-8H3;7-10,15-16,23H,11-14,17-18H2,1-6H3,(H,37,43)(H,39,44);2-5,10H,7-8H2,1H3;1H;/q;;-1;;+2. The number of carbonyl (C=O) groups is 1. The van der Waals surface area contributed by atoms with Gasteiger partial charge in [-0.25, -0.2) is 0 Å². The fourth-order valence-electron chi connectivity index (χ4n) is 14.4. The van der Waals surface area contributed by atoms with E-state index in [0.717, 1.165) is 75.1 Å². The first-order valence-corrected chi connectivity index (χ1v) is 37.8. The zero-order valence-corrected chi connectivity index (χ0v) is 62.2. The number of H-pyrrole nitrogens is 1. The summed E-state index contributed by atoms with van der Waals surface area (Å²) < 4.78 is 59.1. The Morgan fingerprint density at radius 2 is 1.35 bits per heavy atom. The van der Waals surface area contributed by atoms with E-state index in [4.69, 9.17) is 14.2 Å². The predicted octanol–water partition coefficient (Wildman–Crippen LogP) is 17.3. The molecule has 1 amide bonds. The number of hydrogen-bond donors (Lipinski definition) is 3. The fourth-order valence-corrected chi connectivity index (χ4v) is 19.0. The molecule has 1 atom stereocenters. The van der Waals surface area contributed by atoms with E-state index in [2.05, 4.69) is 136 Å². The van der Waals surface area contributed by atoms with Gasteiger partial charge in [0, 0.05) is 85.8 Å². The molecule has 3 N–H and O–H groups in total. The maximum atomic E-state index is 13.9. The van der Waals surface area contributed by atoms with Crippen LogP contribution in [-0.4, -0.2) is 115 Å². The van der Waals surface area contributed by atoms with Crippen LogP contribution in [0.25, 0.3) is 27.8 Å². The molecular weight excluding hydrogens is 1330 g/mol. The van der Waals surface area contributed by atoms with E-state index < -0.39 is 20.6 Å². The van der Waals surface area contributed by atoms with Crippen LogP contribution in [0, 0.1) is 33.8 Å². The molecule has 1 saturated heterocycles. The van der Waals surface area contributed by atoms with Crippen LogP contribution in [0.2, 0.25) is 0 Å². The Labute approximate surface area is 580 Å². The number of carbonyl (C=O) groups excluding carboxylic acids is 1. The molecule has 5 heterocycles. The second-order valence-corrected chi connectivity index (χ2v) is 29.9. The number of aryl methyl sites for hydroxylation is 3. The van der Waals surface area contributed by atoms with Crippen molar-refractivity contribution in [2.75, 3.05) is 67.6 Å². The molecule has 10 rings (SSSR count). The number of nitrogens with one attached hydrogen (secondary N) is 3. The van der Waals surface area contributed by atoms with Gasteiger partial charge < -0.3 is 34.2 Å². The van der Waals surface area contributed by atoms with E-state index in [-0.39, 0.29) is 24.1 Å². The van der Waals surface area contributed by atoms with E-state index in [1.807, 2.05) is 97.6 Å². The summed E-state index contributed by atoms with van der Waals surface area (Å²) in [6, 6.07) is 30.0. The second-order valence-electron chi connectivity index (χ2n) is 26.9. The first-order chi connectivity index (χ1) is 45.5. The summed E-state index contributed by atoms with van der Waals surface area (Å²) in [5.74, 6) is 3.56. The van der Waals surface area contributed by atoms with Gasteiger partial charge in [0.25, 0.3) is 11.5 Å². The average Bonchev–Trinajstić information content (AvgIpc) is 1.63. The number of fused-ring (bicyclic) bond motifs is 1. The molecule has 12 nitrogen and oxygen atoms in total. The van der Waals surface area contributed by atoms with Crippen LogP contribution in [0.3, 0.4) is 0 Å². The van der Waals surface area contributed by atoms with Gasteiger partial charge in [-0.3, -0.25) is 24.4 Å². The van der Waals surface area contributed by atoms with E-state index in [1.54, 1.807) is 18.3 Å². The Morgan fingerprint density at radius 3 is 1.87 bits per heavy atom. The van der Waals surface area contributed by atoms with E-state index in [1.165, 1.54) is 110 Å². The van der Waals surface area contributed by atoms with Crippen molar-refractivity contribution in [3.63, 3.8) is 0 Å². The van der Waals surface area contributed by atoms with Gasteiger partial charge in [-0.05, 0) is 188 Å². The van der Waals surface area contributed by atoms with Crippen molar-refractivity contribution in [2.24, 2.45) is 0 Å². The Kier molecular flexibility index (Phi) is 29.4. The number of pyridine rings is 3. The number of alkyl halides is 3. The number of likely N-dealkylation sites (N-methyl/N-ethyl adjacent to an activating group) is 1. The maximum absolute atomic E-state index is 13.9. The predicted molar refractivity (Wildman–Crippen MR) is 385 cm³/mol. The molecule has 4 aromatic heterocycles. The first-order valence-electron chi connectivity index (χ1n) is 34.2. The summed E-state index contributed by atoms with van der Waals surface area (Å²) in [5, 5.41) is 7.56. The number of ether oxygens (including phenoxy) is 3. The summed E-state index contributed by atoms with van der Waals surface area (Å²) >= 11 is 2.22. The van der Waals surface area contributed by atoms with Gasteiger partial charge in [-0.15, -0.1) is 0 Å². The van der Waals surface area contributed by atoms with Crippen molar-refractivity contribution >= 4 is 34.2 Å². The Hall–Kier alpha value is -5.56. The number of aromatic nitrogens is 3. The molecule has 18 heteroatoms. The van der Waals surface area contributed by atoms with Gasteiger partial charge in [0.2, 0.25) is 0 Å². The summed E-state index contributed by atoms with van der Waals surface area (Å²) in [7, 11) is 10.8. The SMILES string of the molecule is CNCCc1[c-]cccc1.COc1cc(C)[nH]c(=O)c1CNC(=O)c1cc2c(-c3ccc(C)nc3C)ccn2c(C(C)N2CCN(CC(F)(F)F)CC2)c1C.COc1ccc(OC)c([PH+](C2CCCCC2)C2CCCCC2)c1-c1c(C(C)C)cc(C(C)C)cc1C(C)C.[Cl][Pd+]. The summed E-state index contributed by atoms with van der Waals surface area (Å²) in [5.41, 5.74) is 17.2. The van der Waals surface area contributed by atoms with Crippen molar-refractivity contribution in [3.8, 4) is 39.5 Å². The van der Waals surface area contributed by atoms with Gasteiger partial charge in [0.1, 0.15) is 16.8 Å². The molecule has 520 valence electrons. The number of benzene rings is 3. The van der Waals surface area contributed by atoms with Crippen molar-refractivity contribution < 1.29 is 50.4 Å². The van der Waals surface area contributed by atoms with Crippen molar-refractivity contribution in [2.45, 2.75) is 195 Å². The van der Waals surface area contributed by atoms with Crippen LogP contribution in [-0.2, 0) is 31.1 Å². The van der Waals surface area contributed by atoms with E-state index in [0.29, 0.717) is 66.5 Å². The second kappa shape index (κ2) is 36.3. The quantitative estimate of drug-likeness (QED) is 0.0389. The van der Waals surface area contributed by atoms with Gasteiger partial charge in [-0.1, -0.05) is 72.6 Å². The Morgan fingerprint density at radius 1 is 0.747 bits per heavy atom. The minimum atomic E-state index is -4.24. The average molecular weight is 1440 g/mol. The van der Waals surface area contributed by atoms with Crippen LogP contribution < -0.4 is 35.7 Å². The molecule has 0 spiro atoms. The summed E-state index contributed by atoms with van der Waals surface area (Å²) in [6.07, 6.45) is 12.8. The van der Waals surface area contributed by atoms with Gasteiger partial charge in [-0.2, -0.15) is 49.1 Å². The number of methoxy groups -OCH3 is 3. The number of halogens is 4. The van der Waals surface area contributed by atoms with Crippen molar-refractivity contribution in [3.05, 3.63) is 163 Å². The van der Waals surface area contributed by atoms with Gasteiger partial charge in [0.15, 0.2) is 5.75 Å². The number of piperazine rings is 1. The topological polar surface area (TPSA) is 125 Å². The molecule has 1 unspecified atom stereocenters. The third-order valence-electron chi connectivity index (χ3n) is 19.4. The van der Waals surface area contributed by atoms with Crippen LogP contribution in [0.5, 0.6) is 17.2 Å². The third kappa shape index (κ3) is 19.6. The molecule has 0 radical (unpaired) electrons. The molecule has 0 bridgehead atoms. The zero-order chi connectivity index (χ0) is 69.3. The van der Waals surface area contributed by atoms with Gasteiger partial charge in [0.05, 0.1) is 62.4 Å². The number of hydrogen-bond acceptors (Lipinski definition) is 9. The normalized spacial score (nSPS) is 15.5. The van der Waals surface area contributed by atoms with E-state index in [9.17, 15) is 22.8 Å². The van der Waals surface area contributed by atoms with Crippen LogP contribution in [0.15, 0.2) is 89.9 Å². The van der Waals surface area contributed by atoms with Crippen molar-refractivity contribution in [1.29, 1.82) is 0 Å². The molecule has 2 aliphatic carbocycles. The minimum absolute atomic E-state index is 0.0385. The van der Waals surface area contributed by atoms with Crippen LogP contribution in [0.1, 0.15) is 203 Å². The molecule has 2 saturated carbocycles. The number of nitrogens with zero attached hydrogens (tertiary/aromatic N) is 4. The number of aromatic amines is 1. The zero-order valence-electron chi connectivity index (χ0n) is 58.9. The van der Waals surface area contributed by atoms with Crippen LogP contribution >= 0.6 is 17.5 Å². The fraction of sp³-hybridized carbons (Fsp3) is 0.519. The summed E-state index contributed by atoms with van der Waals surface area (Å²) in [6.45, 7) is 25.3. The molecule has 1 aliphatic heterocycles. The molecule has 3 fully saturated rings. The van der Waals surface area contributed by atoms with Crippen LogP contribution in [0.4, 0.5) is 13.2 Å². The first kappa shape index (κ1) is 76.8. The summed E-state index contributed by atoms with van der Waals surface area (Å²) in [4.78, 5) is 37.5. The monoisotopic (exact) mass is 1440 g/mol. The van der Waals surface area contributed by atoms with Gasteiger partial charge >= 0.3 is 33.9 Å². The van der Waals surface area contributed by atoms with Crippen molar-refractivity contribution in [1.82, 2.24) is 34.8 Å². The molecular formula is C77H105ClF3N7O5PPd+. The number of rotatable bonds is 20. The Bertz CT molecular complexity index is 3620.